The molecule has 0 bridgehead atoms. The van der Waals surface area contributed by atoms with Crippen molar-refractivity contribution in [3.8, 4) is 0 Å². The third-order valence-electron chi connectivity index (χ3n) is 3.28. The van der Waals surface area contributed by atoms with Crippen LogP contribution in [0.15, 0.2) is 18.2 Å². The van der Waals surface area contributed by atoms with E-state index in [0.29, 0.717) is 16.3 Å². The second-order valence-electron chi connectivity index (χ2n) is 4.62. The molecule has 0 atom stereocenters. The lowest BCUT2D eigenvalue weighted by Crippen LogP contribution is -2.35. The predicted octanol–water partition coefficient (Wildman–Crippen LogP) is 1.85. The van der Waals surface area contributed by atoms with Crippen LogP contribution in [0.1, 0.15) is 23.2 Å². The van der Waals surface area contributed by atoms with E-state index in [9.17, 15) is 14.4 Å². The highest BCUT2D eigenvalue weighted by Crippen LogP contribution is 2.34. The van der Waals surface area contributed by atoms with Crippen LogP contribution in [0.25, 0.3) is 0 Å². The zero-order valence-corrected chi connectivity index (χ0v) is 10.2. The summed E-state index contributed by atoms with van der Waals surface area (Å²) < 4.78 is 0. The number of fused-ring (bicyclic) bond motifs is 1. The van der Waals surface area contributed by atoms with Crippen molar-refractivity contribution in [1.29, 1.82) is 0 Å². The first kappa shape index (κ1) is 11.4. The molecule has 18 heavy (non-hydrogen) atoms. The van der Waals surface area contributed by atoms with Gasteiger partial charge >= 0.3 is 0 Å². The maximum absolute atomic E-state index is 11.8. The van der Waals surface area contributed by atoms with Gasteiger partial charge in [0.15, 0.2) is 5.78 Å². The van der Waals surface area contributed by atoms with Crippen LogP contribution < -0.4 is 4.90 Å². The molecule has 0 radical (unpaired) electrons. The Kier molecular flexibility index (Phi) is 2.48. The summed E-state index contributed by atoms with van der Waals surface area (Å²) in [7, 11) is 0. The highest BCUT2D eigenvalue weighted by atomic mass is 35.5. The second-order valence-corrected chi connectivity index (χ2v) is 5.06. The summed E-state index contributed by atoms with van der Waals surface area (Å²) in [5.74, 6) is -1.12. The molecule has 1 aromatic carbocycles. The fourth-order valence-electron chi connectivity index (χ4n) is 2.11. The van der Waals surface area contributed by atoms with E-state index in [1.165, 1.54) is 11.0 Å². The number of benzene rings is 1. The monoisotopic (exact) mass is 263 g/mol. The minimum atomic E-state index is -0.638. The number of ketones is 2. The summed E-state index contributed by atoms with van der Waals surface area (Å²) >= 11 is 5.86. The van der Waals surface area contributed by atoms with Crippen molar-refractivity contribution in [3.63, 3.8) is 0 Å². The van der Waals surface area contributed by atoms with E-state index in [1.807, 2.05) is 0 Å². The molecule has 1 amide bonds. The van der Waals surface area contributed by atoms with Gasteiger partial charge in [-0.25, -0.2) is 0 Å². The quantitative estimate of drug-likeness (QED) is 0.782. The van der Waals surface area contributed by atoms with Gasteiger partial charge in [-0.05, 0) is 31.0 Å². The van der Waals surface area contributed by atoms with E-state index >= 15 is 0 Å². The minimum absolute atomic E-state index is 0.0176. The number of carbonyl (C=O) groups excluding carboxylic acids is 3. The summed E-state index contributed by atoms with van der Waals surface area (Å²) in [6.45, 7) is -0.0252. The molecule has 1 aliphatic carbocycles. The van der Waals surface area contributed by atoms with Gasteiger partial charge in [0.2, 0.25) is 0 Å². The van der Waals surface area contributed by atoms with Crippen LogP contribution in [0.3, 0.4) is 0 Å². The molecular formula is C13H10ClNO3. The third-order valence-corrected chi connectivity index (χ3v) is 3.52. The number of hydrogen-bond donors (Lipinski definition) is 0. The van der Waals surface area contributed by atoms with Crippen molar-refractivity contribution >= 4 is 34.8 Å². The number of halogens is 1. The molecule has 0 aromatic heterocycles. The van der Waals surface area contributed by atoms with Gasteiger partial charge in [-0.3, -0.25) is 19.3 Å². The molecule has 0 spiro atoms. The molecule has 92 valence electrons. The standard InChI is InChI=1S/C13H10ClNO3/c14-8-3-4-9-10(5-8)15(13(18)12(9)17)6-11(16)7-1-2-7/h3-5,7H,1-2,6H2. The number of carbonyl (C=O) groups is 3. The summed E-state index contributed by atoms with van der Waals surface area (Å²) in [5, 5.41) is 0.445. The molecule has 1 fully saturated rings. The van der Waals surface area contributed by atoms with Crippen LogP contribution in [0, 0.1) is 5.92 Å². The Morgan fingerprint density at radius 3 is 2.72 bits per heavy atom. The Bertz CT molecular complexity index is 578. The van der Waals surface area contributed by atoms with Gasteiger partial charge < -0.3 is 0 Å². The molecule has 0 saturated heterocycles. The van der Waals surface area contributed by atoms with Crippen molar-refractivity contribution in [1.82, 2.24) is 0 Å². The Morgan fingerprint density at radius 1 is 1.33 bits per heavy atom. The van der Waals surface area contributed by atoms with Crippen LogP contribution in [0.5, 0.6) is 0 Å². The zero-order chi connectivity index (χ0) is 12.9. The SMILES string of the molecule is O=C1C(=O)N(CC(=O)C2CC2)c2cc(Cl)ccc21. The van der Waals surface area contributed by atoms with E-state index in [-0.39, 0.29) is 18.2 Å². The molecule has 4 nitrogen and oxygen atoms in total. The molecule has 1 aliphatic heterocycles. The van der Waals surface area contributed by atoms with Gasteiger partial charge in [-0.1, -0.05) is 11.6 Å². The lowest BCUT2D eigenvalue weighted by Gasteiger charge is -2.15. The van der Waals surface area contributed by atoms with Gasteiger partial charge in [0.05, 0.1) is 17.8 Å². The first-order valence-electron chi connectivity index (χ1n) is 5.76. The van der Waals surface area contributed by atoms with Gasteiger partial charge in [0.25, 0.3) is 11.7 Å². The third kappa shape index (κ3) is 1.73. The van der Waals surface area contributed by atoms with Gasteiger partial charge in [0.1, 0.15) is 0 Å². The largest absolute Gasteiger partial charge is 0.299 e. The van der Waals surface area contributed by atoms with Crippen molar-refractivity contribution in [3.05, 3.63) is 28.8 Å². The maximum Gasteiger partial charge on any atom is 0.299 e. The average Bonchev–Trinajstić information content (AvgIpc) is 3.15. The lowest BCUT2D eigenvalue weighted by atomic mass is 10.1. The number of rotatable bonds is 3. The van der Waals surface area contributed by atoms with E-state index < -0.39 is 11.7 Å². The van der Waals surface area contributed by atoms with E-state index in [2.05, 4.69) is 0 Å². The van der Waals surface area contributed by atoms with Crippen LogP contribution in [0.2, 0.25) is 5.02 Å². The lowest BCUT2D eigenvalue weighted by molar-refractivity contribution is -0.121. The maximum atomic E-state index is 11.8. The van der Waals surface area contributed by atoms with Gasteiger partial charge in [-0.2, -0.15) is 0 Å². The molecule has 1 saturated carbocycles. The molecule has 1 aromatic rings. The summed E-state index contributed by atoms with van der Waals surface area (Å²) in [4.78, 5) is 36.6. The smallest absolute Gasteiger partial charge is 0.297 e. The molecule has 2 aliphatic rings. The van der Waals surface area contributed by atoms with Gasteiger partial charge in [-0.15, -0.1) is 0 Å². The van der Waals surface area contributed by atoms with Crippen LogP contribution in [-0.2, 0) is 9.59 Å². The summed E-state index contributed by atoms with van der Waals surface area (Å²) in [6, 6.07) is 4.65. The van der Waals surface area contributed by atoms with Crippen LogP contribution in [0.4, 0.5) is 5.69 Å². The molecular weight excluding hydrogens is 254 g/mol. The first-order chi connectivity index (χ1) is 8.58. The Morgan fingerprint density at radius 2 is 2.06 bits per heavy atom. The van der Waals surface area contributed by atoms with E-state index in [0.717, 1.165) is 12.8 Å². The highest BCUT2D eigenvalue weighted by Gasteiger charge is 2.39. The summed E-state index contributed by atoms with van der Waals surface area (Å²) in [5.41, 5.74) is 0.777. The number of hydrogen-bond acceptors (Lipinski definition) is 3. The summed E-state index contributed by atoms with van der Waals surface area (Å²) in [6.07, 6.45) is 1.77. The molecule has 0 unspecified atom stereocenters. The van der Waals surface area contributed by atoms with E-state index in [4.69, 9.17) is 11.6 Å². The van der Waals surface area contributed by atoms with Crippen LogP contribution in [-0.4, -0.2) is 24.0 Å². The Labute approximate surface area is 109 Å². The Hall–Kier alpha value is -1.68. The molecule has 1 heterocycles. The molecule has 5 heteroatoms. The minimum Gasteiger partial charge on any atom is -0.297 e. The zero-order valence-electron chi connectivity index (χ0n) is 9.48. The van der Waals surface area contributed by atoms with Gasteiger partial charge in [0, 0.05) is 10.9 Å². The molecule has 3 rings (SSSR count). The van der Waals surface area contributed by atoms with E-state index in [1.54, 1.807) is 12.1 Å². The number of anilines is 1. The normalized spacial score (nSPS) is 18.2. The van der Waals surface area contributed by atoms with Crippen molar-refractivity contribution < 1.29 is 14.4 Å². The van der Waals surface area contributed by atoms with Crippen molar-refractivity contribution in [2.75, 3.05) is 11.4 Å². The number of Topliss-reactive ketones (excluding diaryl/α,β-unsaturated/α-hetero) is 2. The highest BCUT2D eigenvalue weighted by molar-refractivity contribution is 6.53. The topological polar surface area (TPSA) is 54.5 Å². The molecule has 0 N–H and O–H groups in total. The first-order valence-corrected chi connectivity index (χ1v) is 6.14. The fourth-order valence-corrected chi connectivity index (χ4v) is 2.28. The number of nitrogens with zero attached hydrogens (tertiary/aromatic N) is 1. The average molecular weight is 264 g/mol. The van der Waals surface area contributed by atoms with Crippen molar-refractivity contribution in [2.24, 2.45) is 5.92 Å². The number of amides is 1. The Balaban J connectivity index is 1.95. The van der Waals surface area contributed by atoms with Crippen LogP contribution >= 0.6 is 11.6 Å². The predicted molar refractivity (Wildman–Crippen MR) is 65.9 cm³/mol. The fraction of sp³-hybridized carbons (Fsp3) is 0.308. The van der Waals surface area contributed by atoms with Crippen molar-refractivity contribution in [2.45, 2.75) is 12.8 Å². The second kappa shape index (κ2) is 3.92.